The van der Waals surface area contributed by atoms with Gasteiger partial charge in [-0.2, -0.15) is 0 Å². The van der Waals surface area contributed by atoms with Gasteiger partial charge in [0.1, 0.15) is 0 Å². The predicted octanol–water partition coefficient (Wildman–Crippen LogP) is 1.35. The number of halogens is 1. The molecule has 1 amide bonds. The van der Waals surface area contributed by atoms with E-state index in [-0.39, 0.29) is 5.91 Å². The molecule has 4 heteroatoms. The molecule has 1 aromatic rings. The molecule has 90 valence electrons. The lowest BCUT2D eigenvalue weighted by atomic mass is 10.1. The van der Waals surface area contributed by atoms with E-state index in [4.69, 9.17) is 0 Å². The van der Waals surface area contributed by atoms with Crippen molar-refractivity contribution in [1.29, 1.82) is 0 Å². The van der Waals surface area contributed by atoms with Crippen molar-refractivity contribution < 1.29 is 4.79 Å². The van der Waals surface area contributed by atoms with Gasteiger partial charge in [-0.25, -0.2) is 0 Å². The van der Waals surface area contributed by atoms with Crippen LogP contribution in [-0.4, -0.2) is 36.5 Å². The average Bonchev–Trinajstić information content (AvgIpc) is 2.72. The van der Waals surface area contributed by atoms with Gasteiger partial charge in [-0.1, -0.05) is 22.0 Å². The Morgan fingerprint density at radius 3 is 2.94 bits per heavy atom. The maximum Gasteiger partial charge on any atom is 0.236 e. The van der Waals surface area contributed by atoms with Gasteiger partial charge in [0.15, 0.2) is 0 Å². The summed E-state index contributed by atoms with van der Waals surface area (Å²) in [6.07, 6.45) is 2.01. The monoisotopic (exact) mass is 294 g/mol. The Hall–Kier alpha value is -0.870. The minimum Gasteiger partial charge on any atom is -0.337 e. The SMILES string of the molecule is O=C1CNCCN1C1Cc2ccc(Br)cc2C1. The molecule has 1 aliphatic heterocycles. The summed E-state index contributed by atoms with van der Waals surface area (Å²) in [6, 6.07) is 6.81. The summed E-state index contributed by atoms with van der Waals surface area (Å²) in [5.74, 6) is 0.244. The van der Waals surface area contributed by atoms with Crippen molar-refractivity contribution in [2.75, 3.05) is 19.6 Å². The Morgan fingerprint density at radius 2 is 2.12 bits per heavy atom. The van der Waals surface area contributed by atoms with Gasteiger partial charge in [0, 0.05) is 23.6 Å². The Kier molecular flexibility index (Phi) is 2.92. The molecule has 0 saturated carbocycles. The standard InChI is InChI=1S/C13H15BrN2O/c14-11-2-1-9-6-12(7-10(9)5-11)16-4-3-15-8-13(16)17/h1-2,5,12,15H,3-4,6-8H2. The number of piperazine rings is 1. The fourth-order valence-electron chi connectivity index (χ4n) is 2.79. The second-order valence-electron chi connectivity index (χ2n) is 4.74. The van der Waals surface area contributed by atoms with Gasteiger partial charge in [0.05, 0.1) is 6.54 Å². The third-order valence-corrected chi connectivity index (χ3v) is 4.14. The maximum atomic E-state index is 11.9. The summed E-state index contributed by atoms with van der Waals surface area (Å²) in [4.78, 5) is 13.9. The van der Waals surface area contributed by atoms with E-state index in [1.807, 2.05) is 4.90 Å². The highest BCUT2D eigenvalue weighted by Gasteiger charge is 2.30. The van der Waals surface area contributed by atoms with Crippen LogP contribution >= 0.6 is 15.9 Å². The number of nitrogens with zero attached hydrogens (tertiary/aromatic N) is 1. The number of carbonyl (C=O) groups excluding carboxylic acids is 1. The van der Waals surface area contributed by atoms with Crippen LogP contribution in [0.2, 0.25) is 0 Å². The van der Waals surface area contributed by atoms with Gasteiger partial charge in [0.25, 0.3) is 0 Å². The Labute approximate surface area is 109 Å². The maximum absolute atomic E-state index is 11.9. The zero-order valence-electron chi connectivity index (χ0n) is 9.58. The molecule has 3 nitrogen and oxygen atoms in total. The number of amides is 1. The van der Waals surface area contributed by atoms with Gasteiger partial charge in [0.2, 0.25) is 5.91 Å². The first-order valence-electron chi connectivity index (χ1n) is 6.01. The molecule has 17 heavy (non-hydrogen) atoms. The van der Waals surface area contributed by atoms with Gasteiger partial charge in [-0.15, -0.1) is 0 Å². The van der Waals surface area contributed by atoms with Crippen LogP contribution in [0.1, 0.15) is 11.1 Å². The second kappa shape index (κ2) is 4.42. The molecule has 2 aliphatic rings. The number of nitrogens with one attached hydrogen (secondary N) is 1. The van der Waals surface area contributed by atoms with Crippen LogP contribution in [0.15, 0.2) is 22.7 Å². The minimum atomic E-state index is 0.244. The molecule has 1 aliphatic carbocycles. The van der Waals surface area contributed by atoms with E-state index < -0.39 is 0 Å². The molecular formula is C13H15BrN2O. The number of rotatable bonds is 1. The number of carbonyl (C=O) groups is 1. The van der Waals surface area contributed by atoms with Crippen molar-refractivity contribution in [3.8, 4) is 0 Å². The van der Waals surface area contributed by atoms with Gasteiger partial charge in [-0.3, -0.25) is 4.79 Å². The Bertz CT molecular complexity index is 461. The molecule has 1 N–H and O–H groups in total. The van der Waals surface area contributed by atoms with Gasteiger partial charge >= 0.3 is 0 Å². The van der Waals surface area contributed by atoms with Crippen LogP contribution in [0.5, 0.6) is 0 Å². The summed E-state index contributed by atoms with van der Waals surface area (Å²) in [5, 5.41) is 3.12. The summed E-state index contributed by atoms with van der Waals surface area (Å²) in [7, 11) is 0. The number of benzene rings is 1. The first-order chi connectivity index (χ1) is 8.24. The van der Waals surface area contributed by atoms with Crippen LogP contribution in [-0.2, 0) is 17.6 Å². The average molecular weight is 295 g/mol. The van der Waals surface area contributed by atoms with Crippen molar-refractivity contribution in [1.82, 2.24) is 10.2 Å². The molecule has 0 bridgehead atoms. The topological polar surface area (TPSA) is 32.3 Å². The zero-order chi connectivity index (χ0) is 11.8. The molecule has 1 fully saturated rings. The van der Waals surface area contributed by atoms with Gasteiger partial charge in [-0.05, 0) is 36.1 Å². The van der Waals surface area contributed by atoms with E-state index in [9.17, 15) is 4.79 Å². The highest BCUT2D eigenvalue weighted by Crippen LogP contribution is 2.28. The first-order valence-corrected chi connectivity index (χ1v) is 6.81. The second-order valence-corrected chi connectivity index (χ2v) is 5.65. The molecule has 1 atom stereocenters. The normalized spacial score (nSPS) is 23.9. The van der Waals surface area contributed by atoms with E-state index in [0.29, 0.717) is 12.6 Å². The molecule has 0 radical (unpaired) electrons. The molecule has 0 aromatic heterocycles. The quantitative estimate of drug-likeness (QED) is 0.848. The number of hydrogen-bond donors (Lipinski definition) is 1. The van der Waals surface area contributed by atoms with E-state index in [2.05, 4.69) is 39.4 Å². The van der Waals surface area contributed by atoms with Crippen LogP contribution in [0.25, 0.3) is 0 Å². The minimum absolute atomic E-state index is 0.244. The van der Waals surface area contributed by atoms with E-state index in [1.165, 1.54) is 11.1 Å². The molecular weight excluding hydrogens is 280 g/mol. The molecule has 1 unspecified atom stereocenters. The number of fused-ring (bicyclic) bond motifs is 1. The molecule has 3 rings (SSSR count). The van der Waals surface area contributed by atoms with Crippen LogP contribution < -0.4 is 5.32 Å². The lowest BCUT2D eigenvalue weighted by Gasteiger charge is -2.32. The predicted molar refractivity (Wildman–Crippen MR) is 69.9 cm³/mol. The van der Waals surface area contributed by atoms with Crippen LogP contribution in [0.3, 0.4) is 0 Å². The molecule has 1 saturated heterocycles. The van der Waals surface area contributed by atoms with Crippen molar-refractivity contribution in [2.45, 2.75) is 18.9 Å². The fourth-order valence-corrected chi connectivity index (χ4v) is 3.20. The van der Waals surface area contributed by atoms with Crippen LogP contribution in [0.4, 0.5) is 0 Å². The fraction of sp³-hybridized carbons (Fsp3) is 0.462. The van der Waals surface area contributed by atoms with E-state index >= 15 is 0 Å². The third kappa shape index (κ3) is 2.11. The Morgan fingerprint density at radius 1 is 1.29 bits per heavy atom. The van der Waals surface area contributed by atoms with Gasteiger partial charge < -0.3 is 10.2 Å². The van der Waals surface area contributed by atoms with Crippen LogP contribution in [0, 0.1) is 0 Å². The first kappa shape index (κ1) is 11.2. The van der Waals surface area contributed by atoms with Crippen molar-refractivity contribution >= 4 is 21.8 Å². The highest BCUT2D eigenvalue weighted by molar-refractivity contribution is 9.10. The lowest BCUT2D eigenvalue weighted by Crippen LogP contribution is -2.52. The van der Waals surface area contributed by atoms with E-state index in [0.717, 1.165) is 30.4 Å². The van der Waals surface area contributed by atoms with Crippen molar-refractivity contribution in [3.63, 3.8) is 0 Å². The summed E-state index contributed by atoms with van der Waals surface area (Å²) >= 11 is 3.50. The summed E-state index contributed by atoms with van der Waals surface area (Å²) in [6.45, 7) is 2.26. The van der Waals surface area contributed by atoms with Crippen molar-refractivity contribution in [3.05, 3.63) is 33.8 Å². The number of hydrogen-bond acceptors (Lipinski definition) is 2. The summed E-state index contributed by atoms with van der Waals surface area (Å²) in [5.41, 5.74) is 2.78. The highest BCUT2D eigenvalue weighted by atomic mass is 79.9. The molecule has 1 heterocycles. The zero-order valence-corrected chi connectivity index (χ0v) is 11.2. The Balaban J connectivity index is 1.79. The van der Waals surface area contributed by atoms with E-state index in [1.54, 1.807) is 0 Å². The summed E-state index contributed by atoms with van der Waals surface area (Å²) < 4.78 is 1.13. The van der Waals surface area contributed by atoms with Crippen molar-refractivity contribution in [2.24, 2.45) is 0 Å². The largest absolute Gasteiger partial charge is 0.337 e. The molecule has 0 spiro atoms. The smallest absolute Gasteiger partial charge is 0.236 e. The lowest BCUT2D eigenvalue weighted by molar-refractivity contribution is -0.134. The third-order valence-electron chi connectivity index (χ3n) is 3.65. The molecule has 1 aromatic carbocycles.